The van der Waals surface area contributed by atoms with Crippen molar-refractivity contribution < 1.29 is 19.0 Å². The van der Waals surface area contributed by atoms with Crippen LogP contribution in [0, 0.1) is 0 Å². The number of pyridine rings is 1. The van der Waals surface area contributed by atoms with Crippen molar-refractivity contribution in [3.8, 4) is 17.4 Å². The van der Waals surface area contributed by atoms with Crippen LogP contribution in [0.4, 0.5) is 0 Å². The topological polar surface area (TPSA) is 64.1 Å². The van der Waals surface area contributed by atoms with E-state index < -0.39 is 0 Å². The van der Waals surface area contributed by atoms with E-state index in [-0.39, 0.29) is 18.0 Å². The molecule has 0 spiro atoms. The van der Waals surface area contributed by atoms with Crippen LogP contribution in [0.2, 0.25) is 0 Å². The highest BCUT2D eigenvalue weighted by atomic mass is 16.6. The number of methoxy groups -OCH3 is 1. The first-order valence-electron chi connectivity index (χ1n) is 10.4. The van der Waals surface area contributed by atoms with Gasteiger partial charge in [0.25, 0.3) is 5.91 Å². The molecule has 160 valence electrons. The maximum absolute atomic E-state index is 12.8. The molecule has 1 unspecified atom stereocenters. The standard InChI is InChI=1S/C23H29N3O4/c1-14(2)26-13-19-18(23(26)27)10-17(22(24-19)28-5)12-25(4)15(3)16-6-7-20-21(11-16)30-9-8-29-20/h6-7,10-11,14-15H,8-9,12-13H2,1-5H3. The predicted molar refractivity (Wildman–Crippen MR) is 113 cm³/mol. The van der Waals surface area contributed by atoms with Gasteiger partial charge in [0, 0.05) is 24.2 Å². The highest BCUT2D eigenvalue weighted by molar-refractivity contribution is 5.98. The van der Waals surface area contributed by atoms with E-state index in [9.17, 15) is 4.79 Å². The molecule has 4 rings (SSSR count). The first-order chi connectivity index (χ1) is 14.4. The number of hydrogen-bond donors (Lipinski definition) is 0. The molecule has 3 heterocycles. The van der Waals surface area contributed by atoms with Gasteiger partial charge in [0.15, 0.2) is 11.5 Å². The summed E-state index contributed by atoms with van der Waals surface area (Å²) in [4.78, 5) is 21.5. The van der Waals surface area contributed by atoms with Crippen molar-refractivity contribution in [3.05, 3.63) is 46.6 Å². The van der Waals surface area contributed by atoms with E-state index in [0.29, 0.717) is 37.7 Å². The van der Waals surface area contributed by atoms with Gasteiger partial charge in [-0.15, -0.1) is 0 Å². The molecule has 2 aromatic rings. The summed E-state index contributed by atoms with van der Waals surface area (Å²) in [5, 5.41) is 0. The molecular weight excluding hydrogens is 382 g/mol. The lowest BCUT2D eigenvalue weighted by molar-refractivity contribution is 0.0730. The van der Waals surface area contributed by atoms with Gasteiger partial charge < -0.3 is 19.1 Å². The smallest absolute Gasteiger partial charge is 0.256 e. The van der Waals surface area contributed by atoms with Crippen LogP contribution in [-0.2, 0) is 13.1 Å². The van der Waals surface area contributed by atoms with Crippen LogP contribution >= 0.6 is 0 Å². The SMILES string of the molecule is COc1nc2c(cc1CN(C)C(C)c1ccc3c(c1)OCCO3)C(=O)N(C(C)C)C2. The Morgan fingerprint density at radius 1 is 1.17 bits per heavy atom. The lowest BCUT2D eigenvalue weighted by Gasteiger charge is -2.27. The van der Waals surface area contributed by atoms with Gasteiger partial charge in [-0.2, -0.15) is 0 Å². The molecule has 7 heteroatoms. The first kappa shape index (κ1) is 20.5. The maximum Gasteiger partial charge on any atom is 0.256 e. The monoisotopic (exact) mass is 411 g/mol. The molecule has 0 saturated heterocycles. The summed E-state index contributed by atoms with van der Waals surface area (Å²) in [6, 6.07) is 8.28. The quantitative estimate of drug-likeness (QED) is 0.726. The van der Waals surface area contributed by atoms with Crippen LogP contribution in [0.5, 0.6) is 17.4 Å². The van der Waals surface area contributed by atoms with Crippen LogP contribution in [0.15, 0.2) is 24.3 Å². The van der Waals surface area contributed by atoms with Crippen LogP contribution < -0.4 is 14.2 Å². The Kier molecular flexibility index (Phi) is 5.56. The van der Waals surface area contributed by atoms with Crippen molar-refractivity contribution in [2.45, 2.75) is 45.9 Å². The number of carbonyl (C=O) groups excluding carboxylic acids is 1. The van der Waals surface area contributed by atoms with Crippen LogP contribution in [0.3, 0.4) is 0 Å². The van der Waals surface area contributed by atoms with Gasteiger partial charge >= 0.3 is 0 Å². The van der Waals surface area contributed by atoms with Crippen molar-refractivity contribution in [1.29, 1.82) is 0 Å². The van der Waals surface area contributed by atoms with E-state index in [2.05, 4.69) is 29.9 Å². The molecule has 2 aliphatic heterocycles. The molecule has 0 bridgehead atoms. The zero-order valence-electron chi connectivity index (χ0n) is 18.3. The van der Waals surface area contributed by atoms with Crippen molar-refractivity contribution in [2.24, 2.45) is 0 Å². The van der Waals surface area contributed by atoms with Gasteiger partial charge in [-0.3, -0.25) is 9.69 Å². The Labute approximate surface area is 177 Å². The van der Waals surface area contributed by atoms with Gasteiger partial charge in [0.2, 0.25) is 5.88 Å². The Balaban J connectivity index is 1.56. The average molecular weight is 412 g/mol. The minimum absolute atomic E-state index is 0.0407. The lowest BCUT2D eigenvalue weighted by atomic mass is 10.0. The summed E-state index contributed by atoms with van der Waals surface area (Å²) in [7, 11) is 3.68. The van der Waals surface area contributed by atoms with E-state index in [0.717, 1.165) is 28.3 Å². The second kappa shape index (κ2) is 8.14. The molecule has 0 N–H and O–H groups in total. The Morgan fingerprint density at radius 3 is 2.60 bits per heavy atom. The minimum Gasteiger partial charge on any atom is -0.486 e. The fourth-order valence-electron chi connectivity index (χ4n) is 3.95. The summed E-state index contributed by atoms with van der Waals surface area (Å²) in [6.45, 7) is 8.47. The predicted octanol–water partition coefficient (Wildman–Crippen LogP) is 3.42. The van der Waals surface area contributed by atoms with Gasteiger partial charge in [-0.05, 0) is 51.6 Å². The molecular formula is C23H29N3O4. The maximum atomic E-state index is 12.8. The number of fused-ring (bicyclic) bond motifs is 2. The van der Waals surface area contributed by atoms with Crippen molar-refractivity contribution in [3.63, 3.8) is 0 Å². The van der Waals surface area contributed by atoms with Crippen molar-refractivity contribution in [1.82, 2.24) is 14.8 Å². The molecule has 1 atom stereocenters. The summed E-state index contributed by atoms with van der Waals surface area (Å²) >= 11 is 0. The normalized spacial score (nSPS) is 16.2. The number of ether oxygens (including phenoxy) is 3. The van der Waals surface area contributed by atoms with Gasteiger partial charge in [-0.25, -0.2) is 4.98 Å². The third kappa shape index (κ3) is 3.69. The van der Waals surface area contributed by atoms with E-state index in [1.807, 2.05) is 36.9 Å². The third-order valence-corrected chi connectivity index (χ3v) is 5.90. The zero-order chi connectivity index (χ0) is 21.4. The van der Waals surface area contributed by atoms with Crippen LogP contribution in [0.25, 0.3) is 0 Å². The van der Waals surface area contributed by atoms with Gasteiger partial charge in [0.05, 0.1) is 24.9 Å². The Morgan fingerprint density at radius 2 is 1.90 bits per heavy atom. The van der Waals surface area contributed by atoms with E-state index in [4.69, 9.17) is 14.2 Å². The summed E-state index contributed by atoms with van der Waals surface area (Å²) in [6.07, 6.45) is 0. The fourth-order valence-corrected chi connectivity index (χ4v) is 3.95. The molecule has 30 heavy (non-hydrogen) atoms. The van der Waals surface area contributed by atoms with E-state index >= 15 is 0 Å². The number of amides is 1. The average Bonchev–Trinajstić information content (AvgIpc) is 3.08. The molecule has 0 fully saturated rings. The number of hydrogen-bond acceptors (Lipinski definition) is 6. The Hall–Kier alpha value is -2.80. The molecule has 1 aromatic heterocycles. The van der Waals surface area contributed by atoms with Crippen molar-refractivity contribution in [2.75, 3.05) is 27.4 Å². The third-order valence-electron chi connectivity index (χ3n) is 5.90. The highest BCUT2D eigenvalue weighted by Crippen LogP contribution is 2.35. The van der Waals surface area contributed by atoms with Crippen molar-refractivity contribution >= 4 is 5.91 Å². The summed E-state index contributed by atoms with van der Waals surface area (Å²) in [5.74, 6) is 2.19. The van der Waals surface area contributed by atoms with E-state index in [1.165, 1.54) is 0 Å². The number of aromatic nitrogens is 1. The molecule has 7 nitrogen and oxygen atoms in total. The van der Waals surface area contributed by atoms with Crippen LogP contribution in [-0.4, -0.2) is 54.1 Å². The molecule has 0 saturated carbocycles. The number of benzene rings is 1. The molecule has 1 amide bonds. The summed E-state index contributed by atoms with van der Waals surface area (Å²) < 4.78 is 16.9. The highest BCUT2D eigenvalue weighted by Gasteiger charge is 2.32. The zero-order valence-corrected chi connectivity index (χ0v) is 18.3. The number of carbonyl (C=O) groups is 1. The Bertz CT molecular complexity index is 960. The number of rotatable bonds is 6. The molecule has 2 aliphatic rings. The number of nitrogens with zero attached hydrogens (tertiary/aromatic N) is 3. The lowest BCUT2D eigenvalue weighted by Crippen LogP contribution is -2.30. The molecule has 0 aliphatic carbocycles. The molecule has 0 radical (unpaired) electrons. The molecule has 1 aromatic carbocycles. The van der Waals surface area contributed by atoms with Gasteiger partial charge in [0.1, 0.15) is 13.2 Å². The van der Waals surface area contributed by atoms with Crippen LogP contribution in [0.1, 0.15) is 54.0 Å². The first-order valence-corrected chi connectivity index (χ1v) is 10.4. The van der Waals surface area contributed by atoms with E-state index in [1.54, 1.807) is 7.11 Å². The second-order valence-electron chi connectivity index (χ2n) is 8.17. The fraction of sp³-hybridized carbons (Fsp3) is 0.478. The minimum atomic E-state index is 0.0407. The second-order valence-corrected chi connectivity index (χ2v) is 8.17. The largest absolute Gasteiger partial charge is 0.486 e. The van der Waals surface area contributed by atoms with Gasteiger partial charge in [-0.1, -0.05) is 6.07 Å². The summed E-state index contributed by atoms with van der Waals surface area (Å²) in [5.41, 5.74) is 3.51.